The number of anilines is 2. The maximum atomic E-state index is 12.1. The van der Waals surface area contributed by atoms with Crippen molar-refractivity contribution in [2.45, 2.75) is 32.1 Å². The molecule has 5 aromatic rings. The number of pyridine rings is 2. The lowest BCUT2D eigenvalue weighted by molar-refractivity contribution is -0.125. The van der Waals surface area contributed by atoms with E-state index in [0.29, 0.717) is 18.1 Å². The second kappa shape index (κ2) is 10.5. The minimum Gasteiger partial charge on any atom is -0.457 e. The van der Waals surface area contributed by atoms with Crippen LogP contribution in [0.2, 0.25) is 0 Å². The topological polar surface area (TPSA) is 110 Å². The first kappa shape index (κ1) is 24.5. The molecule has 39 heavy (non-hydrogen) atoms. The van der Waals surface area contributed by atoms with Crippen molar-refractivity contribution in [1.29, 1.82) is 0 Å². The van der Waals surface area contributed by atoms with E-state index in [-0.39, 0.29) is 11.8 Å². The number of nitrogens with one attached hydrogen (secondary N) is 1. The molecule has 0 aliphatic carbocycles. The van der Waals surface area contributed by atoms with Crippen LogP contribution in [0.15, 0.2) is 74.0 Å². The van der Waals surface area contributed by atoms with Crippen molar-refractivity contribution < 1.29 is 9.53 Å². The van der Waals surface area contributed by atoms with Crippen LogP contribution in [-0.2, 0) is 4.79 Å². The van der Waals surface area contributed by atoms with Gasteiger partial charge < -0.3 is 15.0 Å². The molecule has 1 saturated heterocycles. The number of aromatic nitrogens is 6. The maximum Gasteiger partial charge on any atom is 0.245 e. The molecule has 6 rings (SSSR count). The number of aryl methyl sites for hydroxylation is 1. The van der Waals surface area contributed by atoms with Crippen LogP contribution in [0.4, 0.5) is 11.5 Å². The van der Waals surface area contributed by atoms with E-state index in [1.54, 1.807) is 10.8 Å². The molecule has 1 amide bonds. The number of nitrogens with zero attached hydrogens (tertiary/aromatic N) is 7. The summed E-state index contributed by atoms with van der Waals surface area (Å²) in [5, 5.41) is 7.53. The number of hydrogen-bond acceptors (Lipinski definition) is 8. The molecule has 1 aliphatic heterocycles. The molecule has 10 heteroatoms. The number of likely N-dealkylation sites (tertiary alicyclic amines) is 1. The molecule has 196 valence electrons. The second-order valence-corrected chi connectivity index (χ2v) is 9.62. The molecular formula is C29H28N8O2. The summed E-state index contributed by atoms with van der Waals surface area (Å²) in [7, 11) is 0. The van der Waals surface area contributed by atoms with Gasteiger partial charge in [-0.2, -0.15) is 5.10 Å². The van der Waals surface area contributed by atoms with Crippen molar-refractivity contribution in [3.8, 4) is 11.5 Å². The fourth-order valence-corrected chi connectivity index (χ4v) is 4.98. The van der Waals surface area contributed by atoms with Gasteiger partial charge in [-0.15, -0.1) is 0 Å². The van der Waals surface area contributed by atoms with E-state index in [0.717, 1.165) is 65.2 Å². The van der Waals surface area contributed by atoms with Crippen LogP contribution >= 0.6 is 0 Å². The van der Waals surface area contributed by atoms with Crippen molar-refractivity contribution in [1.82, 2.24) is 34.4 Å². The molecule has 0 spiro atoms. The van der Waals surface area contributed by atoms with Crippen molar-refractivity contribution in [2.24, 2.45) is 0 Å². The van der Waals surface area contributed by atoms with Crippen LogP contribution in [0.5, 0.6) is 11.5 Å². The Hall–Kier alpha value is -4.86. The molecular weight excluding hydrogens is 492 g/mol. The standard InChI is InChI=1S/C29H28N8O2/c1-3-27(38)36-12-4-5-20(10-13-36)23-7-8-24-28(35-23)29(32-17-30-24)34-21-6-9-25(19(2)15-21)39-22-11-14-37-26(16-22)31-18-33-37/h3,6-9,11,14-18,20H,1,4-5,10,12-13H2,2H3,(H,30,32,34). The number of amides is 1. The molecule has 5 heterocycles. The minimum atomic E-state index is -0.00916. The third-order valence-electron chi connectivity index (χ3n) is 7.05. The Bertz CT molecular complexity index is 1680. The third kappa shape index (κ3) is 5.13. The van der Waals surface area contributed by atoms with Crippen molar-refractivity contribution in [2.75, 3.05) is 18.4 Å². The predicted octanol–water partition coefficient (Wildman–Crippen LogP) is 5.19. The summed E-state index contributed by atoms with van der Waals surface area (Å²) in [5.41, 5.74) is 5.04. The molecule has 0 bridgehead atoms. The van der Waals surface area contributed by atoms with E-state index in [1.807, 2.05) is 60.5 Å². The second-order valence-electron chi connectivity index (χ2n) is 9.62. The molecule has 1 N–H and O–H groups in total. The number of hydrogen-bond donors (Lipinski definition) is 1. The summed E-state index contributed by atoms with van der Waals surface area (Å²) < 4.78 is 7.79. The number of fused-ring (bicyclic) bond motifs is 2. The summed E-state index contributed by atoms with van der Waals surface area (Å²) in [6.45, 7) is 7.07. The highest BCUT2D eigenvalue weighted by molar-refractivity contribution is 5.87. The third-order valence-corrected chi connectivity index (χ3v) is 7.05. The van der Waals surface area contributed by atoms with Crippen LogP contribution in [-0.4, -0.2) is 53.4 Å². The van der Waals surface area contributed by atoms with Crippen LogP contribution in [0, 0.1) is 6.92 Å². The van der Waals surface area contributed by atoms with Gasteiger partial charge >= 0.3 is 0 Å². The highest BCUT2D eigenvalue weighted by atomic mass is 16.5. The van der Waals surface area contributed by atoms with Gasteiger partial charge in [0.15, 0.2) is 11.5 Å². The number of rotatable bonds is 6. The van der Waals surface area contributed by atoms with Gasteiger partial charge in [-0.05, 0) is 74.2 Å². The number of ether oxygens (including phenoxy) is 1. The predicted molar refractivity (Wildman–Crippen MR) is 148 cm³/mol. The van der Waals surface area contributed by atoms with Gasteiger partial charge in [-0.3, -0.25) is 4.79 Å². The summed E-state index contributed by atoms with van der Waals surface area (Å²) in [6.07, 6.45) is 9.02. The first-order valence-corrected chi connectivity index (χ1v) is 13.0. The molecule has 0 saturated carbocycles. The maximum absolute atomic E-state index is 12.1. The molecule has 4 aromatic heterocycles. The minimum absolute atomic E-state index is 0.00916. The summed E-state index contributed by atoms with van der Waals surface area (Å²) in [6, 6.07) is 13.6. The molecule has 10 nitrogen and oxygen atoms in total. The van der Waals surface area contributed by atoms with Gasteiger partial charge in [-0.1, -0.05) is 6.58 Å². The van der Waals surface area contributed by atoms with Crippen LogP contribution < -0.4 is 10.1 Å². The average Bonchev–Trinajstić information content (AvgIpc) is 3.28. The zero-order valence-corrected chi connectivity index (χ0v) is 21.6. The molecule has 1 aliphatic rings. The van der Waals surface area contributed by atoms with E-state index in [1.165, 1.54) is 12.4 Å². The molecule has 0 radical (unpaired) electrons. The number of carbonyl (C=O) groups excluding carboxylic acids is 1. The normalized spacial score (nSPS) is 15.7. The fraction of sp³-hybridized carbons (Fsp3) is 0.241. The van der Waals surface area contributed by atoms with E-state index in [2.05, 4.69) is 31.9 Å². The van der Waals surface area contributed by atoms with Gasteiger partial charge in [0.1, 0.15) is 29.7 Å². The zero-order chi connectivity index (χ0) is 26.8. The summed E-state index contributed by atoms with van der Waals surface area (Å²) in [4.78, 5) is 32.1. The lowest BCUT2D eigenvalue weighted by Crippen LogP contribution is -2.30. The lowest BCUT2D eigenvalue weighted by atomic mass is 9.96. The quantitative estimate of drug-likeness (QED) is 0.305. The molecule has 1 atom stereocenters. The Labute approximate surface area is 225 Å². The highest BCUT2D eigenvalue weighted by Crippen LogP contribution is 2.32. The molecule has 1 fully saturated rings. The van der Waals surface area contributed by atoms with Gasteiger partial charge in [0, 0.05) is 42.7 Å². The lowest BCUT2D eigenvalue weighted by Gasteiger charge is -2.18. The highest BCUT2D eigenvalue weighted by Gasteiger charge is 2.22. The molecule has 1 aromatic carbocycles. The van der Waals surface area contributed by atoms with Gasteiger partial charge in [0.05, 0.1) is 5.52 Å². The van der Waals surface area contributed by atoms with Crippen LogP contribution in [0.25, 0.3) is 16.7 Å². The number of benzene rings is 1. The van der Waals surface area contributed by atoms with E-state index < -0.39 is 0 Å². The smallest absolute Gasteiger partial charge is 0.245 e. The Morgan fingerprint density at radius 1 is 1.08 bits per heavy atom. The Balaban J connectivity index is 1.22. The van der Waals surface area contributed by atoms with Crippen LogP contribution in [0.1, 0.15) is 36.4 Å². The van der Waals surface area contributed by atoms with E-state index >= 15 is 0 Å². The summed E-state index contributed by atoms with van der Waals surface area (Å²) in [5.74, 6) is 2.33. The van der Waals surface area contributed by atoms with Crippen molar-refractivity contribution in [3.05, 3.63) is 85.2 Å². The monoisotopic (exact) mass is 520 g/mol. The van der Waals surface area contributed by atoms with Gasteiger partial charge in [0.2, 0.25) is 5.91 Å². The Morgan fingerprint density at radius 3 is 2.87 bits per heavy atom. The number of carbonyl (C=O) groups is 1. The summed E-state index contributed by atoms with van der Waals surface area (Å²) >= 11 is 0. The van der Waals surface area contributed by atoms with E-state index in [4.69, 9.17) is 9.72 Å². The Morgan fingerprint density at radius 2 is 2.00 bits per heavy atom. The average molecular weight is 521 g/mol. The Kier molecular flexibility index (Phi) is 6.58. The van der Waals surface area contributed by atoms with E-state index in [9.17, 15) is 4.79 Å². The first-order chi connectivity index (χ1) is 19.1. The molecule has 1 unspecified atom stereocenters. The fourth-order valence-electron chi connectivity index (χ4n) is 4.98. The van der Waals surface area contributed by atoms with Crippen LogP contribution in [0.3, 0.4) is 0 Å². The largest absolute Gasteiger partial charge is 0.457 e. The van der Waals surface area contributed by atoms with Gasteiger partial charge in [0.25, 0.3) is 0 Å². The zero-order valence-electron chi connectivity index (χ0n) is 21.6. The van der Waals surface area contributed by atoms with Gasteiger partial charge in [-0.25, -0.2) is 24.5 Å². The van der Waals surface area contributed by atoms with Crippen molar-refractivity contribution >= 4 is 34.1 Å². The SMILES string of the molecule is C=CC(=O)N1CCCC(c2ccc3ncnc(Nc4ccc(Oc5ccn6ncnc6c5)c(C)c4)c3n2)CC1. The first-order valence-electron chi connectivity index (χ1n) is 13.0. The van der Waals surface area contributed by atoms with Crippen molar-refractivity contribution in [3.63, 3.8) is 0 Å².